The largest absolute Gasteiger partial charge is 0.395 e. The Balaban J connectivity index is 1.75. The van der Waals surface area contributed by atoms with Gasteiger partial charge in [-0.25, -0.2) is 8.42 Å². The van der Waals surface area contributed by atoms with Crippen LogP contribution in [-0.2, 0) is 25.9 Å². The zero-order chi connectivity index (χ0) is 21.5. The van der Waals surface area contributed by atoms with E-state index in [1.165, 1.54) is 0 Å². The number of benzene rings is 2. The minimum absolute atomic E-state index is 0.0676. The lowest BCUT2D eigenvalue weighted by Crippen LogP contribution is -2.52. The van der Waals surface area contributed by atoms with Gasteiger partial charge in [0.1, 0.15) is 17.5 Å². The van der Waals surface area contributed by atoms with Gasteiger partial charge < -0.3 is 14.6 Å². The molecule has 0 aromatic heterocycles. The van der Waals surface area contributed by atoms with E-state index in [2.05, 4.69) is 4.90 Å². The quantitative estimate of drug-likeness (QED) is 0.758. The fourth-order valence-corrected chi connectivity index (χ4v) is 6.51. The second-order valence-electron chi connectivity index (χ2n) is 8.53. The van der Waals surface area contributed by atoms with Crippen LogP contribution in [0, 0.1) is 0 Å². The first-order chi connectivity index (χ1) is 14.2. The van der Waals surface area contributed by atoms with Crippen molar-refractivity contribution in [2.75, 3.05) is 6.61 Å². The van der Waals surface area contributed by atoms with Crippen LogP contribution in [-0.4, -0.2) is 60.4 Å². The molecule has 2 aliphatic rings. The molecule has 4 rings (SSSR count). The Hall–Kier alpha value is -1.77. The number of likely N-dealkylation sites (tertiary alicyclic amines) is 1. The molecule has 0 unspecified atom stereocenters. The number of ether oxygens (including phenoxy) is 2. The molecule has 2 aromatic rings. The Morgan fingerprint density at radius 2 is 1.57 bits per heavy atom. The van der Waals surface area contributed by atoms with Crippen LogP contribution in [0.15, 0.2) is 65.6 Å². The minimum Gasteiger partial charge on any atom is -0.395 e. The van der Waals surface area contributed by atoms with E-state index in [0.717, 1.165) is 5.56 Å². The summed E-state index contributed by atoms with van der Waals surface area (Å²) >= 11 is 0. The number of nitrogens with zero attached hydrogens (tertiary/aromatic N) is 1. The topological polar surface area (TPSA) is 76.1 Å². The van der Waals surface area contributed by atoms with Gasteiger partial charge in [0.25, 0.3) is 0 Å². The first-order valence-corrected chi connectivity index (χ1v) is 11.8. The number of rotatable bonds is 6. The molecule has 30 heavy (non-hydrogen) atoms. The van der Waals surface area contributed by atoms with E-state index in [1.54, 1.807) is 30.3 Å². The zero-order valence-corrected chi connectivity index (χ0v) is 18.3. The Bertz CT molecular complexity index is 964. The molecule has 2 saturated heterocycles. The van der Waals surface area contributed by atoms with Crippen molar-refractivity contribution in [1.82, 2.24) is 4.90 Å². The molecule has 7 heteroatoms. The summed E-state index contributed by atoms with van der Waals surface area (Å²) in [7, 11) is -3.79. The highest BCUT2D eigenvalue weighted by Crippen LogP contribution is 2.43. The summed E-state index contributed by atoms with van der Waals surface area (Å²) in [5.74, 6) is -0.794. The monoisotopic (exact) mass is 431 g/mol. The summed E-state index contributed by atoms with van der Waals surface area (Å²) in [5.41, 5.74) is 1.07. The molecule has 2 aromatic carbocycles. The fraction of sp³-hybridized carbons (Fsp3) is 0.478. The van der Waals surface area contributed by atoms with Crippen LogP contribution in [0.5, 0.6) is 0 Å². The number of aliphatic hydroxyl groups is 1. The van der Waals surface area contributed by atoms with Crippen molar-refractivity contribution in [3.63, 3.8) is 0 Å². The Kier molecular flexibility index (Phi) is 5.76. The van der Waals surface area contributed by atoms with Gasteiger partial charge in [-0.05, 0) is 38.5 Å². The van der Waals surface area contributed by atoms with Crippen LogP contribution in [0.1, 0.15) is 26.3 Å². The molecule has 0 spiro atoms. The van der Waals surface area contributed by atoms with Gasteiger partial charge in [-0.1, -0.05) is 48.5 Å². The number of aliphatic hydroxyl groups excluding tert-OH is 1. The predicted octanol–water partition coefficient (Wildman–Crippen LogP) is 2.61. The van der Waals surface area contributed by atoms with Crippen molar-refractivity contribution in [2.24, 2.45) is 0 Å². The molecular formula is C23H29NO5S. The second kappa shape index (κ2) is 8.05. The summed E-state index contributed by atoms with van der Waals surface area (Å²) < 4.78 is 39.4. The third-order valence-electron chi connectivity index (χ3n) is 6.12. The van der Waals surface area contributed by atoms with Crippen molar-refractivity contribution in [1.29, 1.82) is 0 Å². The van der Waals surface area contributed by atoms with Gasteiger partial charge in [0.15, 0.2) is 15.6 Å². The number of sulfone groups is 1. The fourth-order valence-electron chi connectivity index (χ4n) is 4.75. The maximum absolute atomic E-state index is 13.5. The van der Waals surface area contributed by atoms with Gasteiger partial charge in [-0.3, -0.25) is 4.90 Å². The standard InChI is InChI=1S/C23H29NO5S/c1-16-21-22(29-23(2,3)28-21)20(24(16)14-17-10-6-4-7-11-17)19(15-25)30(26,27)18-12-8-5-9-13-18/h4-13,16,19-22,25H,14-15H2,1-3H3/t16-,19-,20+,21-,22+/m1/s1. The molecule has 6 nitrogen and oxygen atoms in total. The van der Waals surface area contributed by atoms with E-state index in [-0.39, 0.29) is 17.0 Å². The highest BCUT2D eigenvalue weighted by molar-refractivity contribution is 7.92. The van der Waals surface area contributed by atoms with Gasteiger partial charge in [-0.2, -0.15) is 0 Å². The van der Waals surface area contributed by atoms with Crippen LogP contribution >= 0.6 is 0 Å². The summed E-state index contributed by atoms with van der Waals surface area (Å²) in [5, 5.41) is 9.27. The number of hydrogen-bond donors (Lipinski definition) is 1. The molecule has 2 fully saturated rings. The van der Waals surface area contributed by atoms with Crippen molar-refractivity contribution in [3.05, 3.63) is 66.2 Å². The summed E-state index contributed by atoms with van der Waals surface area (Å²) in [4.78, 5) is 2.32. The number of fused-ring (bicyclic) bond motifs is 1. The highest BCUT2D eigenvalue weighted by atomic mass is 32.2. The van der Waals surface area contributed by atoms with Gasteiger partial charge >= 0.3 is 0 Å². The zero-order valence-electron chi connectivity index (χ0n) is 17.5. The van der Waals surface area contributed by atoms with E-state index in [1.807, 2.05) is 51.1 Å². The smallest absolute Gasteiger partial charge is 0.185 e. The van der Waals surface area contributed by atoms with Crippen molar-refractivity contribution in [2.45, 2.75) is 67.5 Å². The van der Waals surface area contributed by atoms with E-state index in [4.69, 9.17) is 9.47 Å². The van der Waals surface area contributed by atoms with Crippen LogP contribution in [0.2, 0.25) is 0 Å². The SMILES string of the molecule is C[C@@H]1[C@H]2OC(C)(C)O[C@H]2[C@H]([C@@H](CO)S(=O)(=O)c2ccccc2)N1Cc1ccccc1. The first-order valence-electron chi connectivity index (χ1n) is 10.3. The van der Waals surface area contributed by atoms with Crippen molar-refractivity contribution < 1.29 is 23.0 Å². The molecular weight excluding hydrogens is 402 g/mol. The van der Waals surface area contributed by atoms with E-state index in [9.17, 15) is 13.5 Å². The third kappa shape index (κ3) is 3.81. The molecule has 2 heterocycles. The molecule has 162 valence electrons. The predicted molar refractivity (Wildman–Crippen MR) is 114 cm³/mol. The van der Waals surface area contributed by atoms with E-state index >= 15 is 0 Å². The normalized spacial score (nSPS) is 29.6. The minimum atomic E-state index is -3.79. The third-order valence-corrected chi connectivity index (χ3v) is 8.28. The van der Waals surface area contributed by atoms with Crippen molar-refractivity contribution in [3.8, 4) is 0 Å². The number of hydrogen-bond acceptors (Lipinski definition) is 6. The molecule has 1 N–H and O–H groups in total. The lowest BCUT2D eigenvalue weighted by atomic mass is 10.1. The van der Waals surface area contributed by atoms with Gasteiger partial charge in [-0.15, -0.1) is 0 Å². The van der Waals surface area contributed by atoms with Crippen LogP contribution in [0.25, 0.3) is 0 Å². The molecule has 0 bridgehead atoms. The van der Waals surface area contributed by atoms with Gasteiger partial charge in [0.2, 0.25) is 0 Å². The summed E-state index contributed by atoms with van der Waals surface area (Å²) in [6.45, 7) is 5.78. The summed E-state index contributed by atoms with van der Waals surface area (Å²) in [6.07, 6.45) is -0.719. The summed E-state index contributed by atoms with van der Waals surface area (Å²) in [6, 6.07) is 17.6. The average molecular weight is 432 g/mol. The van der Waals surface area contributed by atoms with Crippen LogP contribution in [0.4, 0.5) is 0 Å². The van der Waals surface area contributed by atoms with E-state index < -0.39 is 39.6 Å². The highest BCUT2D eigenvalue weighted by Gasteiger charge is 2.60. The molecule has 0 amide bonds. The Labute approximate surface area is 178 Å². The molecule has 2 aliphatic heterocycles. The van der Waals surface area contributed by atoms with Crippen LogP contribution < -0.4 is 0 Å². The second-order valence-corrected chi connectivity index (χ2v) is 10.7. The molecule has 0 saturated carbocycles. The van der Waals surface area contributed by atoms with Crippen molar-refractivity contribution >= 4 is 9.84 Å². The molecule has 5 atom stereocenters. The van der Waals surface area contributed by atoms with Gasteiger partial charge in [0.05, 0.1) is 17.5 Å². The Morgan fingerprint density at radius 3 is 2.17 bits per heavy atom. The maximum atomic E-state index is 13.5. The maximum Gasteiger partial charge on any atom is 0.185 e. The first kappa shape index (κ1) is 21.5. The van der Waals surface area contributed by atoms with Gasteiger partial charge in [0, 0.05) is 12.6 Å². The Morgan fingerprint density at radius 1 is 1.00 bits per heavy atom. The average Bonchev–Trinajstić information content (AvgIpc) is 3.16. The lowest BCUT2D eigenvalue weighted by Gasteiger charge is -2.36. The van der Waals surface area contributed by atoms with Crippen LogP contribution in [0.3, 0.4) is 0 Å². The molecule has 0 aliphatic carbocycles. The molecule has 0 radical (unpaired) electrons. The lowest BCUT2D eigenvalue weighted by molar-refractivity contribution is -0.168. The van der Waals surface area contributed by atoms with E-state index in [0.29, 0.717) is 6.54 Å².